The van der Waals surface area contributed by atoms with Crippen LogP contribution in [0.15, 0.2) is 34.1 Å². The maximum Gasteiger partial charge on any atom is 0.249 e. The van der Waals surface area contributed by atoms with E-state index in [1.54, 1.807) is 23.6 Å². The van der Waals surface area contributed by atoms with Crippen molar-refractivity contribution in [2.75, 3.05) is 0 Å². The summed E-state index contributed by atoms with van der Waals surface area (Å²) in [6.07, 6.45) is 0. The van der Waals surface area contributed by atoms with Crippen LogP contribution in [-0.2, 0) is 0 Å². The van der Waals surface area contributed by atoms with Crippen molar-refractivity contribution in [3.05, 3.63) is 46.1 Å². The lowest BCUT2D eigenvalue weighted by Gasteiger charge is -1.90. The molecule has 0 bridgehead atoms. The lowest BCUT2D eigenvalue weighted by atomic mass is 10.2. The molecule has 0 atom stereocenters. The third-order valence-electron chi connectivity index (χ3n) is 2.31. The zero-order valence-electron chi connectivity index (χ0n) is 8.38. The fourth-order valence-corrected chi connectivity index (χ4v) is 2.19. The Labute approximate surface area is 105 Å². The third-order valence-corrected chi connectivity index (χ3v) is 3.11. The van der Waals surface area contributed by atoms with Crippen molar-refractivity contribution in [2.45, 2.75) is 0 Å². The van der Waals surface area contributed by atoms with Crippen LogP contribution in [0.3, 0.4) is 0 Å². The number of halogens is 1. The van der Waals surface area contributed by atoms with Crippen LogP contribution >= 0.6 is 23.1 Å². The monoisotopic (exact) mass is 264 g/mol. The highest BCUT2D eigenvalue weighted by Crippen LogP contribution is 2.27. The number of fused-ring (bicyclic) bond motifs is 1. The second-order valence-corrected chi connectivity index (χ2v) is 4.41. The van der Waals surface area contributed by atoms with Crippen molar-refractivity contribution >= 4 is 39.9 Å². The number of hydrogen-bond acceptors (Lipinski definition) is 5. The van der Waals surface area contributed by atoms with Crippen LogP contribution in [0.4, 0.5) is 0 Å². The smallest absolute Gasteiger partial charge is 0.249 e. The maximum atomic E-state index is 12.0. The van der Waals surface area contributed by atoms with E-state index in [-0.39, 0.29) is 17.2 Å². The van der Waals surface area contributed by atoms with Crippen molar-refractivity contribution in [2.24, 2.45) is 0 Å². The first-order valence-corrected chi connectivity index (χ1v) is 5.97. The molecule has 3 aromatic rings. The molecule has 0 aliphatic heterocycles. The second-order valence-electron chi connectivity index (χ2n) is 3.39. The molecular weight excluding hydrogens is 260 g/mol. The van der Waals surface area contributed by atoms with Gasteiger partial charge in [0.25, 0.3) is 0 Å². The number of furan rings is 1. The number of carbonyl (C=O) groups excluding carboxylic acids is 1. The fraction of sp³-hybridized carbons (Fsp3) is 0. The fourth-order valence-electron chi connectivity index (χ4n) is 1.53. The van der Waals surface area contributed by atoms with E-state index in [4.69, 9.17) is 16.0 Å². The molecule has 0 N–H and O–H groups in total. The molecule has 3 rings (SSSR count). The number of rotatable bonds is 2. The van der Waals surface area contributed by atoms with E-state index in [2.05, 4.69) is 9.59 Å². The van der Waals surface area contributed by atoms with Gasteiger partial charge in [-0.2, -0.15) is 0 Å². The van der Waals surface area contributed by atoms with Gasteiger partial charge in [0.15, 0.2) is 11.3 Å². The Bertz CT molecular complexity index is 691. The van der Waals surface area contributed by atoms with E-state index in [0.29, 0.717) is 10.6 Å². The van der Waals surface area contributed by atoms with Crippen LogP contribution in [0.5, 0.6) is 0 Å². The largest absolute Gasteiger partial charge is 0.451 e. The number of ketones is 1. The van der Waals surface area contributed by atoms with E-state index in [1.807, 2.05) is 6.07 Å². The van der Waals surface area contributed by atoms with Crippen molar-refractivity contribution in [1.29, 1.82) is 0 Å². The molecule has 0 unspecified atom stereocenters. The topological polar surface area (TPSA) is 56.0 Å². The standard InChI is InChI=1S/C11H5ClN2O2S/c12-7-3-1-2-6-4-9(16-11(6)7)10(15)8-5-17-14-13-8/h1-5H. The Hall–Kier alpha value is -1.72. The molecule has 17 heavy (non-hydrogen) atoms. The van der Waals surface area contributed by atoms with Gasteiger partial charge >= 0.3 is 0 Å². The summed E-state index contributed by atoms with van der Waals surface area (Å²) in [5.41, 5.74) is 0.797. The van der Waals surface area contributed by atoms with E-state index in [9.17, 15) is 4.79 Å². The Balaban J connectivity index is 2.13. The predicted octanol–water partition coefficient (Wildman–Crippen LogP) is 3.17. The molecule has 0 aliphatic rings. The van der Waals surface area contributed by atoms with Gasteiger partial charge in [-0.3, -0.25) is 4.79 Å². The predicted molar refractivity (Wildman–Crippen MR) is 64.6 cm³/mol. The summed E-state index contributed by atoms with van der Waals surface area (Å²) in [4.78, 5) is 12.0. The molecule has 0 saturated carbocycles. The highest BCUT2D eigenvalue weighted by Gasteiger charge is 2.17. The Morgan fingerprint density at radius 1 is 1.41 bits per heavy atom. The average Bonchev–Trinajstić information content (AvgIpc) is 2.98. The Kier molecular flexibility index (Phi) is 2.42. The van der Waals surface area contributed by atoms with Gasteiger partial charge in [0.2, 0.25) is 5.78 Å². The van der Waals surface area contributed by atoms with Gasteiger partial charge in [-0.15, -0.1) is 5.10 Å². The molecule has 0 saturated heterocycles. The van der Waals surface area contributed by atoms with E-state index in [0.717, 1.165) is 16.9 Å². The molecule has 84 valence electrons. The highest BCUT2D eigenvalue weighted by atomic mass is 35.5. The number of benzene rings is 1. The Morgan fingerprint density at radius 2 is 2.29 bits per heavy atom. The van der Waals surface area contributed by atoms with Crippen LogP contribution in [0.1, 0.15) is 16.2 Å². The number of hydrogen-bond donors (Lipinski definition) is 0. The zero-order chi connectivity index (χ0) is 11.8. The quantitative estimate of drug-likeness (QED) is 0.667. The summed E-state index contributed by atoms with van der Waals surface area (Å²) in [6, 6.07) is 7.01. The number of para-hydroxylation sites is 1. The lowest BCUT2D eigenvalue weighted by molar-refractivity contribution is 0.101. The van der Waals surface area contributed by atoms with Gasteiger partial charge in [0, 0.05) is 10.8 Å². The summed E-state index contributed by atoms with van der Waals surface area (Å²) in [5, 5.41) is 6.57. The normalized spacial score (nSPS) is 10.9. The maximum absolute atomic E-state index is 12.0. The van der Waals surface area contributed by atoms with Crippen LogP contribution in [0.25, 0.3) is 11.0 Å². The number of nitrogens with zero attached hydrogens (tertiary/aromatic N) is 2. The van der Waals surface area contributed by atoms with Gasteiger partial charge in [-0.05, 0) is 23.7 Å². The first kappa shape index (κ1) is 10.4. The molecule has 0 amide bonds. The molecular formula is C11H5ClN2O2S. The Morgan fingerprint density at radius 3 is 3.00 bits per heavy atom. The summed E-state index contributed by atoms with van der Waals surface area (Å²) < 4.78 is 9.08. The average molecular weight is 265 g/mol. The third kappa shape index (κ3) is 1.73. The van der Waals surface area contributed by atoms with Crippen molar-refractivity contribution in [3.8, 4) is 0 Å². The molecule has 0 spiro atoms. The molecule has 2 aromatic heterocycles. The minimum Gasteiger partial charge on any atom is -0.451 e. The number of aromatic nitrogens is 2. The summed E-state index contributed by atoms with van der Waals surface area (Å²) >= 11 is 7.09. The first-order chi connectivity index (χ1) is 8.25. The van der Waals surface area contributed by atoms with Crippen LogP contribution in [0, 0.1) is 0 Å². The van der Waals surface area contributed by atoms with Crippen LogP contribution < -0.4 is 0 Å². The van der Waals surface area contributed by atoms with E-state index < -0.39 is 0 Å². The van der Waals surface area contributed by atoms with Crippen LogP contribution in [-0.4, -0.2) is 15.4 Å². The van der Waals surface area contributed by atoms with Crippen molar-refractivity contribution in [3.63, 3.8) is 0 Å². The number of carbonyl (C=O) groups is 1. The zero-order valence-corrected chi connectivity index (χ0v) is 9.96. The molecule has 6 heteroatoms. The van der Waals surface area contributed by atoms with Gasteiger partial charge in [0.1, 0.15) is 5.69 Å². The lowest BCUT2D eigenvalue weighted by Crippen LogP contribution is -1.99. The van der Waals surface area contributed by atoms with Gasteiger partial charge in [-0.1, -0.05) is 28.2 Å². The van der Waals surface area contributed by atoms with Gasteiger partial charge in [-0.25, -0.2) is 0 Å². The van der Waals surface area contributed by atoms with Gasteiger partial charge < -0.3 is 4.42 Å². The van der Waals surface area contributed by atoms with Crippen LogP contribution in [0.2, 0.25) is 5.02 Å². The van der Waals surface area contributed by atoms with Crippen molar-refractivity contribution < 1.29 is 9.21 Å². The molecule has 0 radical (unpaired) electrons. The minimum absolute atomic E-state index is 0.223. The molecule has 2 heterocycles. The van der Waals surface area contributed by atoms with Gasteiger partial charge in [0.05, 0.1) is 5.02 Å². The summed E-state index contributed by atoms with van der Waals surface area (Å²) in [7, 11) is 0. The SMILES string of the molecule is O=C(c1csnn1)c1cc2cccc(Cl)c2o1. The van der Waals surface area contributed by atoms with E-state index in [1.165, 1.54) is 0 Å². The molecule has 0 fully saturated rings. The summed E-state index contributed by atoms with van der Waals surface area (Å²) in [6.45, 7) is 0. The first-order valence-electron chi connectivity index (χ1n) is 4.75. The second kappa shape index (κ2) is 3.94. The minimum atomic E-state index is -0.286. The van der Waals surface area contributed by atoms with E-state index >= 15 is 0 Å². The summed E-state index contributed by atoms with van der Waals surface area (Å²) in [5.74, 6) is -0.0631. The molecule has 4 nitrogen and oxygen atoms in total. The van der Waals surface area contributed by atoms with Crippen molar-refractivity contribution in [1.82, 2.24) is 9.59 Å². The molecule has 0 aliphatic carbocycles. The molecule has 1 aromatic carbocycles. The highest BCUT2D eigenvalue weighted by molar-refractivity contribution is 7.03.